The Morgan fingerprint density at radius 1 is 1.19 bits per heavy atom. The van der Waals surface area contributed by atoms with E-state index in [2.05, 4.69) is 22.0 Å². The van der Waals surface area contributed by atoms with E-state index in [1.807, 2.05) is 21.0 Å². The Balaban J connectivity index is 1.63. The van der Waals surface area contributed by atoms with Crippen LogP contribution in [0, 0.1) is 11.8 Å². The molecule has 3 fully saturated rings. The monoisotopic (exact) mass is 438 g/mol. The van der Waals surface area contributed by atoms with Gasteiger partial charge in [-0.25, -0.2) is 4.79 Å². The van der Waals surface area contributed by atoms with Gasteiger partial charge in [0.15, 0.2) is 5.79 Å². The van der Waals surface area contributed by atoms with E-state index < -0.39 is 5.79 Å². The Bertz CT molecular complexity index is 608. The van der Waals surface area contributed by atoms with Crippen LogP contribution in [0.4, 0.5) is 4.79 Å². The molecule has 0 aromatic rings. The van der Waals surface area contributed by atoms with Crippen LogP contribution in [0.3, 0.4) is 0 Å². The highest BCUT2D eigenvalue weighted by Gasteiger charge is 2.50. The predicted molar refractivity (Wildman–Crippen MR) is 120 cm³/mol. The summed E-state index contributed by atoms with van der Waals surface area (Å²) in [6, 6.07) is 0.218. The Labute approximate surface area is 187 Å². The molecule has 8 nitrogen and oxygen atoms in total. The predicted octanol–water partition coefficient (Wildman–Crippen LogP) is 2.14. The van der Waals surface area contributed by atoms with E-state index in [4.69, 9.17) is 9.47 Å². The molecule has 31 heavy (non-hydrogen) atoms. The first-order valence-corrected chi connectivity index (χ1v) is 12.1. The van der Waals surface area contributed by atoms with Gasteiger partial charge in [-0.05, 0) is 65.7 Å². The maximum Gasteiger partial charge on any atom is 0.324 e. The molecule has 1 saturated carbocycles. The number of fused-ring (bicyclic) bond motifs is 1. The summed E-state index contributed by atoms with van der Waals surface area (Å²) < 4.78 is 12.0. The highest BCUT2D eigenvalue weighted by Crippen LogP contribution is 2.45. The van der Waals surface area contributed by atoms with Crippen LogP contribution in [0.25, 0.3) is 0 Å². The van der Waals surface area contributed by atoms with Crippen molar-refractivity contribution >= 4 is 11.9 Å². The standard InChI is InChI=1S/C23H42N4O4/c1-5-11-26-17-19(15-18-16-23(9-8-20(18)26)30-13-14-31-23)21(28)27(6-2)22(29)24-10-7-12-25(3)4/h18-20H,5-17H2,1-4H3,(H,24,29)/t18-,19-,20-/m1/s1. The summed E-state index contributed by atoms with van der Waals surface area (Å²) in [4.78, 5) is 32.1. The average molecular weight is 439 g/mol. The lowest BCUT2D eigenvalue weighted by atomic mass is 9.72. The summed E-state index contributed by atoms with van der Waals surface area (Å²) in [5, 5.41) is 2.93. The van der Waals surface area contributed by atoms with Crippen LogP contribution in [-0.4, -0.2) is 98.5 Å². The van der Waals surface area contributed by atoms with Crippen molar-refractivity contribution in [1.29, 1.82) is 0 Å². The minimum absolute atomic E-state index is 0.0416. The van der Waals surface area contributed by atoms with E-state index in [1.54, 1.807) is 0 Å². The number of carbonyl (C=O) groups excluding carboxylic acids is 2. The Morgan fingerprint density at radius 2 is 1.94 bits per heavy atom. The molecule has 0 unspecified atom stereocenters. The number of nitrogens with zero attached hydrogens (tertiary/aromatic N) is 3. The summed E-state index contributed by atoms with van der Waals surface area (Å²) in [6.45, 7) is 9.00. The summed E-state index contributed by atoms with van der Waals surface area (Å²) in [5.41, 5.74) is 0. The summed E-state index contributed by atoms with van der Waals surface area (Å²) >= 11 is 0. The van der Waals surface area contributed by atoms with Gasteiger partial charge in [0, 0.05) is 38.5 Å². The normalized spacial score (nSPS) is 28.0. The summed E-state index contributed by atoms with van der Waals surface area (Å²) in [7, 11) is 4.03. The number of urea groups is 1. The largest absolute Gasteiger partial charge is 0.348 e. The molecule has 1 spiro atoms. The Hall–Kier alpha value is -1.22. The van der Waals surface area contributed by atoms with Crippen LogP contribution in [0.5, 0.6) is 0 Å². The highest BCUT2D eigenvalue weighted by atomic mass is 16.7. The molecule has 1 N–H and O–H groups in total. The summed E-state index contributed by atoms with van der Waals surface area (Å²) in [6.07, 6.45) is 5.57. The average Bonchev–Trinajstić information content (AvgIpc) is 3.18. The molecule has 3 amide bonds. The fourth-order valence-corrected chi connectivity index (χ4v) is 5.61. The van der Waals surface area contributed by atoms with Crippen molar-refractivity contribution in [2.75, 3.05) is 60.0 Å². The fraction of sp³-hybridized carbons (Fsp3) is 0.913. The molecular weight excluding hydrogens is 396 g/mol. The minimum Gasteiger partial charge on any atom is -0.348 e. The zero-order valence-electron chi connectivity index (χ0n) is 19.9. The second-order valence-electron chi connectivity index (χ2n) is 9.58. The third-order valence-corrected chi connectivity index (χ3v) is 7.01. The molecule has 3 atom stereocenters. The van der Waals surface area contributed by atoms with E-state index >= 15 is 0 Å². The number of hydrogen-bond acceptors (Lipinski definition) is 6. The van der Waals surface area contributed by atoms with Gasteiger partial charge in [0.2, 0.25) is 5.91 Å². The molecule has 178 valence electrons. The maximum atomic E-state index is 13.4. The minimum atomic E-state index is -0.446. The number of hydrogen-bond donors (Lipinski definition) is 1. The molecule has 8 heteroatoms. The topological polar surface area (TPSA) is 74.4 Å². The molecule has 0 aromatic heterocycles. The van der Waals surface area contributed by atoms with Crippen LogP contribution >= 0.6 is 0 Å². The fourth-order valence-electron chi connectivity index (χ4n) is 5.61. The van der Waals surface area contributed by atoms with Crippen molar-refractivity contribution in [2.24, 2.45) is 11.8 Å². The number of ether oxygens (including phenoxy) is 2. The maximum absolute atomic E-state index is 13.4. The molecule has 3 rings (SSSR count). The Morgan fingerprint density at radius 3 is 2.58 bits per heavy atom. The van der Waals surface area contributed by atoms with E-state index in [0.717, 1.165) is 58.2 Å². The second-order valence-corrected chi connectivity index (χ2v) is 9.58. The summed E-state index contributed by atoms with van der Waals surface area (Å²) in [5.74, 6) is -0.280. The number of carbonyl (C=O) groups is 2. The first kappa shape index (κ1) is 24.4. The first-order valence-electron chi connectivity index (χ1n) is 12.1. The van der Waals surface area contributed by atoms with Crippen LogP contribution < -0.4 is 5.32 Å². The van der Waals surface area contributed by atoms with Gasteiger partial charge in [0.1, 0.15) is 0 Å². The van der Waals surface area contributed by atoms with Gasteiger partial charge in [-0.3, -0.25) is 14.6 Å². The quantitative estimate of drug-likeness (QED) is 0.586. The molecule has 1 aliphatic carbocycles. The molecule has 0 radical (unpaired) electrons. The van der Waals surface area contributed by atoms with Crippen molar-refractivity contribution in [1.82, 2.24) is 20.0 Å². The lowest BCUT2D eigenvalue weighted by molar-refractivity contribution is -0.204. The van der Waals surface area contributed by atoms with Crippen LogP contribution in [0.1, 0.15) is 52.4 Å². The smallest absolute Gasteiger partial charge is 0.324 e. The van der Waals surface area contributed by atoms with E-state index in [0.29, 0.717) is 38.3 Å². The van der Waals surface area contributed by atoms with Crippen LogP contribution in [-0.2, 0) is 14.3 Å². The third kappa shape index (κ3) is 5.97. The van der Waals surface area contributed by atoms with E-state index in [1.165, 1.54) is 4.90 Å². The molecule has 2 aliphatic heterocycles. The Kier molecular flexibility index (Phi) is 8.73. The number of piperidine rings is 1. The van der Waals surface area contributed by atoms with Gasteiger partial charge < -0.3 is 19.7 Å². The van der Waals surface area contributed by atoms with Crippen molar-refractivity contribution in [3.05, 3.63) is 0 Å². The molecule has 0 aromatic carbocycles. The van der Waals surface area contributed by atoms with Crippen molar-refractivity contribution in [2.45, 2.75) is 64.2 Å². The number of nitrogens with one attached hydrogen (secondary N) is 1. The molecule has 2 saturated heterocycles. The number of likely N-dealkylation sites (tertiary alicyclic amines) is 1. The van der Waals surface area contributed by atoms with E-state index in [-0.39, 0.29) is 17.9 Å². The zero-order chi connectivity index (χ0) is 22.4. The molecular formula is C23H42N4O4. The van der Waals surface area contributed by atoms with Crippen LogP contribution in [0.15, 0.2) is 0 Å². The van der Waals surface area contributed by atoms with Crippen LogP contribution in [0.2, 0.25) is 0 Å². The van der Waals surface area contributed by atoms with Gasteiger partial charge in [0.05, 0.1) is 19.1 Å². The molecule has 2 heterocycles. The second kappa shape index (κ2) is 11.1. The van der Waals surface area contributed by atoms with E-state index in [9.17, 15) is 9.59 Å². The number of imide groups is 1. The van der Waals surface area contributed by atoms with Gasteiger partial charge in [0.25, 0.3) is 0 Å². The van der Waals surface area contributed by atoms with Crippen molar-refractivity contribution in [3.8, 4) is 0 Å². The number of amides is 3. The number of rotatable bonds is 8. The first-order chi connectivity index (χ1) is 14.9. The van der Waals surface area contributed by atoms with Gasteiger partial charge in [-0.1, -0.05) is 6.92 Å². The zero-order valence-corrected chi connectivity index (χ0v) is 19.9. The lowest BCUT2D eigenvalue weighted by Crippen LogP contribution is -2.58. The van der Waals surface area contributed by atoms with Gasteiger partial charge >= 0.3 is 6.03 Å². The lowest BCUT2D eigenvalue weighted by Gasteiger charge is -2.50. The highest BCUT2D eigenvalue weighted by molar-refractivity contribution is 5.95. The third-order valence-electron chi connectivity index (χ3n) is 7.01. The van der Waals surface area contributed by atoms with Gasteiger partial charge in [-0.15, -0.1) is 0 Å². The molecule has 0 bridgehead atoms. The molecule has 3 aliphatic rings. The SMILES string of the molecule is CCCN1C[C@H](C(=O)N(CC)C(=O)NCCCN(C)C)C[C@@H]2CC3(CC[C@H]21)OCCO3. The van der Waals surface area contributed by atoms with Gasteiger partial charge in [-0.2, -0.15) is 0 Å². The van der Waals surface area contributed by atoms with Crippen molar-refractivity contribution < 1.29 is 19.1 Å². The van der Waals surface area contributed by atoms with Crippen molar-refractivity contribution in [3.63, 3.8) is 0 Å².